The van der Waals surface area contributed by atoms with E-state index in [-0.39, 0.29) is 30.1 Å². The SMILES string of the molecule is O=C1C=C(Nc2cc(F)ccc2Oc2c(F)cc(C(F)(F)F)cc2F)C(=O)N1CCO. The number of carbonyl (C=O) groups is 2. The Bertz CT molecular complexity index is 1060. The maximum absolute atomic E-state index is 14.1. The lowest BCUT2D eigenvalue weighted by Gasteiger charge is -2.16. The summed E-state index contributed by atoms with van der Waals surface area (Å²) >= 11 is 0. The summed E-state index contributed by atoms with van der Waals surface area (Å²) in [6.45, 7) is -0.798. The van der Waals surface area contributed by atoms with Gasteiger partial charge in [-0.3, -0.25) is 14.5 Å². The van der Waals surface area contributed by atoms with Crippen molar-refractivity contribution in [3.63, 3.8) is 0 Å². The zero-order chi connectivity index (χ0) is 22.9. The zero-order valence-electron chi connectivity index (χ0n) is 15.3. The highest BCUT2D eigenvalue weighted by Crippen LogP contribution is 2.38. The number of hydrogen-bond acceptors (Lipinski definition) is 5. The van der Waals surface area contributed by atoms with Gasteiger partial charge in [0.2, 0.25) is 0 Å². The van der Waals surface area contributed by atoms with Crippen molar-refractivity contribution in [3.05, 3.63) is 65.1 Å². The number of anilines is 1. The predicted octanol–water partition coefficient (Wildman–Crippen LogP) is 3.57. The van der Waals surface area contributed by atoms with E-state index >= 15 is 0 Å². The number of halogens is 6. The summed E-state index contributed by atoms with van der Waals surface area (Å²) < 4.78 is 84.9. The largest absolute Gasteiger partial charge is 0.449 e. The third kappa shape index (κ3) is 4.63. The van der Waals surface area contributed by atoms with Crippen molar-refractivity contribution in [2.45, 2.75) is 6.18 Å². The molecule has 0 bridgehead atoms. The molecule has 0 aliphatic carbocycles. The second-order valence-corrected chi connectivity index (χ2v) is 6.21. The lowest BCUT2D eigenvalue weighted by Crippen LogP contribution is -2.34. The molecule has 6 nitrogen and oxygen atoms in total. The van der Waals surface area contributed by atoms with E-state index in [2.05, 4.69) is 5.32 Å². The van der Waals surface area contributed by atoms with Crippen LogP contribution in [0, 0.1) is 17.5 Å². The number of ether oxygens (including phenoxy) is 1. The fourth-order valence-electron chi connectivity index (χ4n) is 2.67. The summed E-state index contributed by atoms with van der Waals surface area (Å²) in [6, 6.07) is 2.60. The van der Waals surface area contributed by atoms with Crippen LogP contribution in [0.1, 0.15) is 5.56 Å². The number of aliphatic hydroxyl groups excluding tert-OH is 1. The molecular formula is C19H12F6N2O4. The number of hydrogen-bond donors (Lipinski definition) is 2. The molecule has 0 spiro atoms. The number of rotatable bonds is 6. The average Bonchev–Trinajstić information content (AvgIpc) is 2.93. The van der Waals surface area contributed by atoms with E-state index in [9.17, 15) is 35.9 Å². The van der Waals surface area contributed by atoms with E-state index in [1.807, 2.05) is 0 Å². The fourth-order valence-corrected chi connectivity index (χ4v) is 2.67. The third-order valence-electron chi connectivity index (χ3n) is 4.08. The number of β-amino-alcohol motifs (C(OH)–C–C–N with tert-alkyl or cyclic N) is 1. The van der Waals surface area contributed by atoms with E-state index in [1.165, 1.54) is 0 Å². The van der Waals surface area contributed by atoms with Crippen LogP contribution in [0.15, 0.2) is 42.1 Å². The van der Waals surface area contributed by atoms with Crippen molar-refractivity contribution < 1.29 is 45.8 Å². The molecule has 2 aromatic carbocycles. The highest BCUT2D eigenvalue weighted by molar-refractivity contribution is 6.17. The van der Waals surface area contributed by atoms with Crippen molar-refractivity contribution in [2.75, 3.05) is 18.5 Å². The molecule has 3 rings (SSSR count). The Balaban J connectivity index is 1.93. The molecular weight excluding hydrogens is 434 g/mol. The fraction of sp³-hybridized carbons (Fsp3) is 0.158. The van der Waals surface area contributed by atoms with Crippen molar-refractivity contribution >= 4 is 17.5 Å². The van der Waals surface area contributed by atoms with Crippen LogP contribution in [-0.4, -0.2) is 35.0 Å². The first-order valence-corrected chi connectivity index (χ1v) is 8.50. The monoisotopic (exact) mass is 446 g/mol. The minimum absolute atomic E-state index is 0.0312. The molecule has 0 fully saturated rings. The first-order chi connectivity index (χ1) is 14.5. The predicted molar refractivity (Wildman–Crippen MR) is 93.3 cm³/mol. The van der Waals surface area contributed by atoms with Gasteiger partial charge in [-0.2, -0.15) is 13.2 Å². The van der Waals surface area contributed by atoms with Crippen molar-refractivity contribution in [3.8, 4) is 11.5 Å². The smallest absolute Gasteiger partial charge is 0.416 e. The zero-order valence-corrected chi connectivity index (χ0v) is 15.3. The lowest BCUT2D eigenvalue weighted by molar-refractivity contribution is -0.138. The summed E-state index contributed by atoms with van der Waals surface area (Å²) in [4.78, 5) is 24.7. The topological polar surface area (TPSA) is 78.9 Å². The Morgan fingerprint density at radius 1 is 1.03 bits per heavy atom. The second kappa shape index (κ2) is 8.30. The molecule has 0 atom stereocenters. The van der Waals surface area contributed by atoms with Crippen molar-refractivity contribution in [1.82, 2.24) is 4.90 Å². The quantitative estimate of drug-likeness (QED) is 0.524. The van der Waals surface area contributed by atoms with Gasteiger partial charge in [-0.05, 0) is 24.3 Å². The summed E-state index contributed by atoms with van der Waals surface area (Å²) in [5, 5.41) is 11.3. The van der Waals surface area contributed by atoms with Crippen LogP contribution in [0.2, 0.25) is 0 Å². The highest BCUT2D eigenvalue weighted by atomic mass is 19.4. The molecule has 1 aliphatic rings. The average molecular weight is 446 g/mol. The molecule has 31 heavy (non-hydrogen) atoms. The van der Waals surface area contributed by atoms with E-state index in [0.29, 0.717) is 4.90 Å². The molecule has 0 saturated heterocycles. The molecule has 2 N–H and O–H groups in total. The van der Waals surface area contributed by atoms with Crippen LogP contribution in [0.3, 0.4) is 0 Å². The second-order valence-electron chi connectivity index (χ2n) is 6.21. The van der Waals surface area contributed by atoms with Crippen LogP contribution in [0.4, 0.5) is 32.0 Å². The molecule has 0 radical (unpaired) electrons. The van der Waals surface area contributed by atoms with Crippen LogP contribution >= 0.6 is 0 Å². The van der Waals surface area contributed by atoms with Crippen LogP contribution in [0.25, 0.3) is 0 Å². The summed E-state index contributed by atoms with van der Waals surface area (Å²) in [6.07, 6.45) is -4.14. The number of nitrogens with zero attached hydrogens (tertiary/aromatic N) is 1. The molecule has 0 aromatic heterocycles. The Morgan fingerprint density at radius 3 is 2.26 bits per heavy atom. The molecule has 12 heteroatoms. The molecule has 2 aromatic rings. The Labute approximate surface area is 170 Å². The van der Waals surface area contributed by atoms with E-state index in [4.69, 9.17) is 9.84 Å². The number of carbonyl (C=O) groups excluding carboxylic acids is 2. The van der Waals surface area contributed by atoms with Crippen molar-refractivity contribution in [2.24, 2.45) is 0 Å². The van der Waals surface area contributed by atoms with Crippen LogP contribution in [-0.2, 0) is 15.8 Å². The summed E-state index contributed by atoms with van der Waals surface area (Å²) in [7, 11) is 0. The number of nitrogens with one attached hydrogen (secondary N) is 1. The van der Waals surface area contributed by atoms with Crippen LogP contribution in [0.5, 0.6) is 11.5 Å². The molecule has 2 amide bonds. The van der Waals surface area contributed by atoms with Gasteiger partial charge in [0.1, 0.15) is 11.5 Å². The maximum Gasteiger partial charge on any atom is 0.416 e. The number of amides is 2. The van der Waals surface area contributed by atoms with Gasteiger partial charge in [-0.15, -0.1) is 0 Å². The molecule has 1 heterocycles. The first kappa shape index (κ1) is 22.2. The standard InChI is InChI=1S/C19H12F6N2O4/c20-10-1-2-15(31-17-11(21)5-9(6-12(17)22)19(23,24)25)13(7-10)26-14-8-16(29)27(3-4-28)18(14)30/h1-2,5-8,26,28H,3-4H2. The van der Waals surface area contributed by atoms with E-state index in [0.717, 1.165) is 24.3 Å². The summed E-state index contributed by atoms with van der Waals surface area (Å²) in [5.41, 5.74) is -2.25. The maximum atomic E-state index is 14.1. The first-order valence-electron chi connectivity index (χ1n) is 8.50. The Morgan fingerprint density at radius 2 is 1.68 bits per heavy atom. The van der Waals surface area contributed by atoms with E-state index in [1.54, 1.807) is 0 Å². The van der Waals surface area contributed by atoms with Gasteiger partial charge >= 0.3 is 6.18 Å². The number of benzene rings is 2. The molecule has 1 aliphatic heterocycles. The van der Waals surface area contributed by atoms with Gasteiger partial charge in [-0.25, -0.2) is 13.2 Å². The summed E-state index contributed by atoms with van der Waals surface area (Å²) in [5.74, 6) is -7.44. The van der Waals surface area contributed by atoms with Crippen molar-refractivity contribution in [1.29, 1.82) is 0 Å². The minimum atomic E-state index is -4.99. The Kier molecular flexibility index (Phi) is 5.93. The van der Waals surface area contributed by atoms with E-state index < -0.39 is 59.1 Å². The van der Waals surface area contributed by atoms with Gasteiger partial charge in [0.15, 0.2) is 23.1 Å². The number of imide groups is 1. The lowest BCUT2D eigenvalue weighted by atomic mass is 10.2. The van der Waals surface area contributed by atoms with Gasteiger partial charge in [0.05, 0.1) is 24.4 Å². The third-order valence-corrected chi connectivity index (χ3v) is 4.08. The molecule has 0 unspecified atom stereocenters. The number of aliphatic hydroxyl groups is 1. The molecule has 164 valence electrons. The highest BCUT2D eigenvalue weighted by Gasteiger charge is 2.34. The van der Waals surface area contributed by atoms with Gasteiger partial charge in [-0.1, -0.05) is 0 Å². The Hall–Kier alpha value is -3.54. The van der Waals surface area contributed by atoms with Gasteiger partial charge < -0.3 is 15.2 Å². The van der Waals surface area contributed by atoms with Gasteiger partial charge in [0.25, 0.3) is 11.8 Å². The minimum Gasteiger partial charge on any atom is -0.449 e. The molecule has 0 saturated carbocycles. The van der Waals surface area contributed by atoms with Gasteiger partial charge in [0, 0.05) is 12.1 Å². The number of alkyl halides is 3. The normalized spacial score (nSPS) is 14.2. The van der Waals surface area contributed by atoms with Crippen LogP contribution < -0.4 is 10.1 Å².